The molecule has 0 unspecified atom stereocenters. The van der Waals surface area contributed by atoms with E-state index in [0.717, 1.165) is 17.1 Å². The predicted octanol–water partition coefficient (Wildman–Crippen LogP) is 17.9. The molecule has 2 heteroatoms. The van der Waals surface area contributed by atoms with Gasteiger partial charge in [0.1, 0.15) is 0 Å². The molecule has 0 saturated heterocycles. The second kappa shape index (κ2) is 15.6. The fraction of sp³-hybridized carbons (Fsp3) is 0.133. The summed E-state index contributed by atoms with van der Waals surface area (Å²) >= 11 is 1.86. The lowest BCUT2D eigenvalue weighted by Crippen LogP contribution is -2.16. The van der Waals surface area contributed by atoms with Gasteiger partial charge >= 0.3 is 0 Å². The number of rotatable bonds is 7. The molecule has 0 bridgehead atoms. The maximum Gasteiger partial charge on any atom is 0.0555 e. The van der Waals surface area contributed by atoms with E-state index in [9.17, 15) is 0 Å². The molecule has 62 heavy (non-hydrogen) atoms. The molecule has 1 aromatic heterocycles. The molecule has 9 aromatic carbocycles. The van der Waals surface area contributed by atoms with E-state index in [1.54, 1.807) is 0 Å². The first kappa shape index (κ1) is 39.4. The Morgan fingerprint density at radius 3 is 1.60 bits per heavy atom. The zero-order valence-electron chi connectivity index (χ0n) is 36.4. The fourth-order valence-electron chi connectivity index (χ4n) is 9.07. The molecule has 10 rings (SSSR count). The van der Waals surface area contributed by atoms with Gasteiger partial charge in [0, 0.05) is 31.3 Å². The van der Waals surface area contributed by atoms with Crippen molar-refractivity contribution in [3.63, 3.8) is 0 Å². The van der Waals surface area contributed by atoms with E-state index in [1.165, 1.54) is 86.6 Å². The molecule has 0 fully saturated rings. The lowest BCUT2D eigenvalue weighted by atomic mass is 9.78. The molecular formula is C60H51NS. The monoisotopic (exact) mass is 817 g/mol. The molecule has 1 heterocycles. The van der Waals surface area contributed by atoms with Crippen LogP contribution in [0.3, 0.4) is 0 Å². The summed E-state index contributed by atoms with van der Waals surface area (Å²) in [5.41, 5.74) is 15.7. The number of fused-ring (bicyclic) bond motifs is 4. The van der Waals surface area contributed by atoms with E-state index in [1.807, 2.05) is 11.3 Å². The molecule has 0 amide bonds. The van der Waals surface area contributed by atoms with E-state index in [0.29, 0.717) is 0 Å². The SMILES string of the molecule is CC(C)(C)c1cc(-c2cccc3cccc(-c4ccccc4N(c4ccc(-c5ccccc5)cc4-c4ccccc4)c4cccc5sc6ccccc6c45)c23)cc(C(C)(C)C)c1. The standard InChI is InChI=1S/C60H51NS/c1-59(2,3)45-36-44(37-46(39-45)60(4,5)6)47-28-17-24-42-25-18-29-49(57(42)47)48-26-13-15-30-52(48)61(54-31-19-33-56-58(54)50-27-14-16-32-55(50)62-56)53-35-34-43(40-20-9-7-10-21-40)38-51(53)41-22-11-8-12-23-41/h7-39H,1-6H3. The number of anilines is 3. The second-order valence-corrected chi connectivity index (χ2v) is 19.7. The second-order valence-electron chi connectivity index (χ2n) is 18.6. The lowest BCUT2D eigenvalue weighted by Gasteiger charge is -2.31. The Labute approximate surface area is 370 Å². The summed E-state index contributed by atoms with van der Waals surface area (Å²) in [6, 6.07) is 74.3. The Balaban J connectivity index is 1.29. The van der Waals surface area contributed by atoms with Gasteiger partial charge in [0.2, 0.25) is 0 Å². The summed E-state index contributed by atoms with van der Waals surface area (Å²) in [5.74, 6) is 0. The Bertz CT molecular complexity index is 3210. The third-order valence-electron chi connectivity index (χ3n) is 12.4. The van der Waals surface area contributed by atoms with Crippen LogP contribution in [0.2, 0.25) is 0 Å². The first-order valence-electron chi connectivity index (χ1n) is 21.8. The van der Waals surface area contributed by atoms with E-state index in [2.05, 4.69) is 247 Å². The zero-order valence-corrected chi connectivity index (χ0v) is 37.2. The van der Waals surface area contributed by atoms with Crippen LogP contribution in [0.15, 0.2) is 200 Å². The normalized spacial score (nSPS) is 12.0. The number of nitrogens with zero attached hydrogens (tertiary/aromatic N) is 1. The molecule has 0 aliphatic heterocycles. The predicted molar refractivity (Wildman–Crippen MR) is 271 cm³/mol. The summed E-state index contributed by atoms with van der Waals surface area (Å²) in [4.78, 5) is 2.55. The quantitative estimate of drug-likeness (QED) is 0.155. The van der Waals surface area contributed by atoms with E-state index in [4.69, 9.17) is 0 Å². The Morgan fingerprint density at radius 2 is 0.887 bits per heavy atom. The van der Waals surface area contributed by atoms with Crippen molar-refractivity contribution in [2.45, 2.75) is 52.4 Å². The highest BCUT2D eigenvalue weighted by atomic mass is 32.1. The van der Waals surface area contributed by atoms with Crippen molar-refractivity contribution in [2.24, 2.45) is 0 Å². The third-order valence-corrected chi connectivity index (χ3v) is 13.5. The van der Waals surface area contributed by atoms with E-state index >= 15 is 0 Å². The van der Waals surface area contributed by atoms with Crippen LogP contribution in [0, 0.1) is 0 Å². The smallest absolute Gasteiger partial charge is 0.0555 e. The van der Waals surface area contributed by atoms with Crippen molar-refractivity contribution in [2.75, 3.05) is 4.90 Å². The van der Waals surface area contributed by atoms with Crippen molar-refractivity contribution in [3.05, 3.63) is 211 Å². The van der Waals surface area contributed by atoms with Gasteiger partial charge in [0.05, 0.1) is 17.1 Å². The number of hydrogen-bond acceptors (Lipinski definition) is 2. The first-order valence-corrected chi connectivity index (χ1v) is 22.6. The summed E-state index contributed by atoms with van der Waals surface area (Å²) in [7, 11) is 0. The molecule has 0 N–H and O–H groups in total. The average Bonchev–Trinajstić information content (AvgIpc) is 3.68. The van der Waals surface area contributed by atoms with E-state index in [-0.39, 0.29) is 10.8 Å². The molecule has 10 aromatic rings. The van der Waals surface area contributed by atoms with Crippen molar-refractivity contribution in [1.29, 1.82) is 0 Å². The van der Waals surface area contributed by atoms with Crippen LogP contribution in [0.4, 0.5) is 17.1 Å². The van der Waals surface area contributed by atoms with Crippen LogP contribution < -0.4 is 4.90 Å². The van der Waals surface area contributed by atoms with Gasteiger partial charge in [-0.15, -0.1) is 11.3 Å². The number of thiophene rings is 1. The van der Waals surface area contributed by atoms with Crippen LogP contribution >= 0.6 is 11.3 Å². The highest BCUT2D eigenvalue weighted by molar-refractivity contribution is 7.26. The summed E-state index contributed by atoms with van der Waals surface area (Å²) < 4.78 is 2.56. The molecule has 0 aliphatic carbocycles. The lowest BCUT2D eigenvalue weighted by molar-refractivity contribution is 0.569. The van der Waals surface area contributed by atoms with Gasteiger partial charge in [0.25, 0.3) is 0 Å². The van der Waals surface area contributed by atoms with Gasteiger partial charge in [-0.25, -0.2) is 0 Å². The molecular weight excluding hydrogens is 767 g/mol. The Hall–Kier alpha value is -6.74. The number of benzene rings is 9. The van der Waals surface area contributed by atoms with Crippen molar-refractivity contribution in [1.82, 2.24) is 0 Å². The highest BCUT2D eigenvalue weighted by Crippen LogP contribution is 2.51. The van der Waals surface area contributed by atoms with Gasteiger partial charge in [-0.3, -0.25) is 0 Å². The maximum atomic E-state index is 2.55. The zero-order chi connectivity index (χ0) is 42.6. The third kappa shape index (κ3) is 7.19. The van der Waals surface area contributed by atoms with Crippen LogP contribution in [0.1, 0.15) is 52.7 Å². The van der Waals surface area contributed by atoms with Gasteiger partial charge in [-0.1, -0.05) is 205 Å². The Morgan fingerprint density at radius 1 is 0.339 bits per heavy atom. The van der Waals surface area contributed by atoms with Crippen LogP contribution in [0.5, 0.6) is 0 Å². The van der Waals surface area contributed by atoms with Crippen LogP contribution in [-0.4, -0.2) is 0 Å². The highest BCUT2D eigenvalue weighted by Gasteiger charge is 2.26. The molecule has 0 aliphatic rings. The number of para-hydroxylation sites is 1. The average molecular weight is 818 g/mol. The van der Waals surface area contributed by atoms with Crippen molar-refractivity contribution in [3.8, 4) is 44.5 Å². The van der Waals surface area contributed by atoms with E-state index < -0.39 is 0 Å². The van der Waals surface area contributed by atoms with Gasteiger partial charge in [-0.05, 0) is 103 Å². The molecule has 0 radical (unpaired) electrons. The summed E-state index contributed by atoms with van der Waals surface area (Å²) in [6.07, 6.45) is 0. The molecule has 1 nitrogen and oxygen atoms in total. The largest absolute Gasteiger partial charge is 0.309 e. The molecule has 0 saturated carbocycles. The number of hydrogen-bond donors (Lipinski definition) is 0. The first-order chi connectivity index (χ1) is 30.0. The Kier molecular flexibility index (Phi) is 9.93. The summed E-state index contributed by atoms with van der Waals surface area (Å²) in [5, 5.41) is 5.02. The molecule has 0 atom stereocenters. The topological polar surface area (TPSA) is 3.24 Å². The van der Waals surface area contributed by atoms with Gasteiger partial charge in [0.15, 0.2) is 0 Å². The fourth-order valence-corrected chi connectivity index (χ4v) is 10.2. The molecule has 302 valence electrons. The van der Waals surface area contributed by atoms with Crippen LogP contribution in [-0.2, 0) is 10.8 Å². The minimum Gasteiger partial charge on any atom is -0.309 e. The minimum absolute atomic E-state index is 0.00408. The maximum absolute atomic E-state index is 2.55. The van der Waals surface area contributed by atoms with Gasteiger partial charge in [-0.2, -0.15) is 0 Å². The minimum atomic E-state index is -0.00408. The molecule has 0 spiro atoms. The van der Waals surface area contributed by atoms with Crippen molar-refractivity contribution >= 4 is 59.3 Å². The van der Waals surface area contributed by atoms with Crippen molar-refractivity contribution < 1.29 is 0 Å². The van der Waals surface area contributed by atoms with Gasteiger partial charge < -0.3 is 4.90 Å². The van der Waals surface area contributed by atoms with Crippen LogP contribution in [0.25, 0.3) is 75.5 Å². The summed E-state index contributed by atoms with van der Waals surface area (Å²) in [6.45, 7) is 13.9.